The number of carbonyl (C=O) groups is 1. The molecule has 6 rings (SSSR count). The second-order valence-corrected chi connectivity index (χ2v) is 9.57. The summed E-state index contributed by atoms with van der Waals surface area (Å²) in [4.78, 5) is 20.9. The average molecular weight is 454 g/mol. The minimum atomic E-state index is -0.284. The van der Waals surface area contributed by atoms with Crippen LogP contribution in [0.4, 0.5) is 4.39 Å². The number of piperidine rings is 1. The Morgan fingerprint density at radius 1 is 0.882 bits per heavy atom. The van der Waals surface area contributed by atoms with Crippen LogP contribution in [-0.4, -0.2) is 32.8 Å². The van der Waals surface area contributed by atoms with Crippen molar-refractivity contribution in [3.8, 4) is 11.3 Å². The highest BCUT2D eigenvalue weighted by atomic mass is 19.1. The Hall–Kier alpha value is -3.47. The van der Waals surface area contributed by atoms with Crippen molar-refractivity contribution in [3.63, 3.8) is 0 Å². The van der Waals surface area contributed by atoms with E-state index in [4.69, 9.17) is 4.98 Å². The zero-order valence-corrected chi connectivity index (χ0v) is 19.1. The standard InChI is InChI=1S/C29H28FN3O/c30-22-15-13-21(14-16-22)27-26-12-6-7-18-32(26)28(31-27)29(34)33-19-17-23(20-8-2-1-3-9-20)24-10-4-5-11-25(24)33/h1-3,6-9,12-16,18,23-25H,4-5,10-11,17,19H2. The summed E-state index contributed by atoms with van der Waals surface area (Å²) < 4.78 is 15.4. The first-order valence-corrected chi connectivity index (χ1v) is 12.3. The smallest absolute Gasteiger partial charge is 0.290 e. The monoisotopic (exact) mass is 453 g/mol. The predicted octanol–water partition coefficient (Wildman–Crippen LogP) is 6.33. The van der Waals surface area contributed by atoms with Crippen LogP contribution in [0.5, 0.6) is 0 Å². The molecule has 3 atom stereocenters. The topological polar surface area (TPSA) is 37.6 Å². The van der Waals surface area contributed by atoms with Crippen molar-refractivity contribution in [2.45, 2.75) is 44.1 Å². The largest absolute Gasteiger partial charge is 0.333 e. The number of benzene rings is 2. The highest BCUT2D eigenvalue weighted by molar-refractivity contribution is 5.95. The van der Waals surface area contributed by atoms with E-state index in [1.165, 1.54) is 24.1 Å². The van der Waals surface area contributed by atoms with Gasteiger partial charge in [0.15, 0.2) is 0 Å². The Morgan fingerprint density at radius 2 is 1.65 bits per heavy atom. The SMILES string of the molecule is O=C(c1nc(-c2ccc(F)cc2)c2ccccn12)N1CCC(c2ccccc2)C2CCCCC21. The number of halogens is 1. The van der Waals surface area contributed by atoms with Crippen LogP contribution < -0.4 is 0 Å². The van der Waals surface area contributed by atoms with Crippen molar-refractivity contribution in [1.29, 1.82) is 0 Å². The van der Waals surface area contributed by atoms with Crippen molar-refractivity contribution >= 4 is 11.4 Å². The molecule has 2 aromatic heterocycles. The summed E-state index contributed by atoms with van der Waals surface area (Å²) in [7, 11) is 0. The molecule has 1 aliphatic heterocycles. The van der Waals surface area contributed by atoms with Gasteiger partial charge in [-0.1, -0.05) is 49.2 Å². The van der Waals surface area contributed by atoms with Crippen molar-refractivity contribution < 1.29 is 9.18 Å². The van der Waals surface area contributed by atoms with Crippen LogP contribution in [0.3, 0.4) is 0 Å². The van der Waals surface area contributed by atoms with Crippen LogP contribution in [0.1, 0.15) is 54.2 Å². The first-order chi connectivity index (χ1) is 16.7. The number of likely N-dealkylation sites (tertiary alicyclic amines) is 1. The second kappa shape index (κ2) is 8.71. The Bertz CT molecular complexity index is 1310. The Labute approximate surface area is 199 Å². The predicted molar refractivity (Wildman–Crippen MR) is 131 cm³/mol. The zero-order chi connectivity index (χ0) is 23.1. The first kappa shape index (κ1) is 21.1. The number of aromatic nitrogens is 2. The van der Waals surface area contributed by atoms with E-state index in [1.54, 1.807) is 12.1 Å². The van der Waals surface area contributed by atoms with E-state index in [1.807, 2.05) is 28.8 Å². The van der Waals surface area contributed by atoms with E-state index >= 15 is 0 Å². The lowest BCUT2D eigenvalue weighted by atomic mass is 9.69. The molecule has 0 N–H and O–H groups in total. The normalized spacial score (nSPS) is 22.5. The van der Waals surface area contributed by atoms with Gasteiger partial charge in [-0.2, -0.15) is 0 Å². The van der Waals surface area contributed by atoms with Crippen LogP contribution >= 0.6 is 0 Å². The molecule has 1 saturated heterocycles. The van der Waals surface area contributed by atoms with Gasteiger partial charge in [-0.15, -0.1) is 0 Å². The molecule has 4 nitrogen and oxygen atoms in total. The third kappa shape index (κ3) is 3.60. The maximum absolute atomic E-state index is 14.0. The van der Waals surface area contributed by atoms with Crippen LogP contribution in [0.2, 0.25) is 0 Å². The summed E-state index contributed by atoms with van der Waals surface area (Å²) in [6.07, 6.45) is 7.48. The molecule has 5 heteroatoms. The molecule has 2 aliphatic rings. The molecule has 0 radical (unpaired) electrons. The number of fused-ring (bicyclic) bond motifs is 2. The zero-order valence-electron chi connectivity index (χ0n) is 19.1. The van der Waals surface area contributed by atoms with Crippen molar-refractivity contribution in [2.75, 3.05) is 6.54 Å². The molecule has 3 unspecified atom stereocenters. The molecular weight excluding hydrogens is 425 g/mol. The van der Waals surface area contributed by atoms with Gasteiger partial charge in [-0.25, -0.2) is 9.37 Å². The fourth-order valence-corrected chi connectivity index (χ4v) is 6.16. The Kier molecular flexibility index (Phi) is 5.40. The number of imidazole rings is 1. The van der Waals surface area contributed by atoms with Gasteiger partial charge < -0.3 is 4.90 Å². The maximum atomic E-state index is 14.0. The number of rotatable bonds is 3. The summed E-state index contributed by atoms with van der Waals surface area (Å²) in [6, 6.07) is 23.2. The van der Waals surface area contributed by atoms with Gasteiger partial charge in [0.05, 0.1) is 11.2 Å². The van der Waals surface area contributed by atoms with E-state index < -0.39 is 0 Å². The molecule has 1 aliphatic carbocycles. The third-order valence-electron chi connectivity index (χ3n) is 7.73. The number of carbonyl (C=O) groups excluding carboxylic acids is 1. The van der Waals surface area contributed by atoms with E-state index in [0.717, 1.165) is 43.3 Å². The molecule has 0 bridgehead atoms. The Morgan fingerprint density at radius 3 is 2.47 bits per heavy atom. The lowest BCUT2D eigenvalue weighted by Gasteiger charge is -2.48. The van der Waals surface area contributed by atoms with Gasteiger partial charge in [0.25, 0.3) is 5.91 Å². The van der Waals surface area contributed by atoms with Crippen molar-refractivity contribution in [3.05, 3.63) is 96.2 Å². The van der Waals surface area contributed by atoms with Crippen LogP contribution in [0.15, 0.2) is 79.0 Å². The van der Waals surface area contributed by atoms with Gasteiger partial charge in [0.1, 0.15) is 5.82 Å². The lowest BCUT2D eigenvalue weighted by Crippen LogP contribution is -2.52. The van der Waals surface area contributed by atoms with Crippen LogP contribution in [0, 0.1) is 11.7 Å². The molecule has 2 aromatic carbocycles. The van der Waals surface area contributed by atoms with E-state index in [0.29, 0.717) is 23.4 Å². The van der Waals surface area contributed by atoms with Gasteiger partial charge in [0, 0.05) is 24.3 Å². The quantitative estimate of drug-likeness (QED) is 0.364. The molecule has 1 saturated carbocycles. The molecule has 2 fully saturated rings. The molecule has 4 aromatic rings. The first-order valence-electron chi connectivity index (χ1n) is 12.3. The van der Waals surface area contributed by atoms with Gasteiger partial charge >= 0.3 is 0 Å². The van der Waals surface area contributed by atoms with Gasteiger partial charge in [-0.3, -0.25) is 9.20 Å². The van der Waals surface area contributed by atoms with Crippen molar-refractivity contribution in [1.82, 2.24) is 14.3 Å². The van der Waals surface area contributed by atoms with E-state index in [9.17, 15) is 9.18 Å². The highest BCUT2D eigenvalue weighted by Crippen LogP contribution is 2.44. The molecule has 0 spiro atoms. The second-order valence-electron chi connectivity index (χ2n) is 9.57. The van der Waals surface area contributed by atoms with E-state index in [-0.39, 0.29) is 17.8 Å². The summed E-state index contributed by atoms with van der Waals surface area (Å²) >= 11 is 0. The fourth-order valence-electron chi connectivity index (χ4n) is 6.16. The lowest BCUT2D eigenvalue weighted by molar-refractivity contribution is 0.0308. The molecule has 3 heterocycles. The molecule has 34 heavy (non-hydrogen) atoms. The van der Waals surface area contributed by atoms with Crippen LogP contribution in [0.25, 0.3) is 16.8 Å². The van der Waals surface area contributed by atoms with Gasteiger partial charge in [-0.05, 0) is 73.1 Å². The number of amides is 1. The van der Waals surface area contributed by atoms with E-state index in [2.05, 4.69) is 35.2 Å². The number of pyridine rings is 1. The summed E-state index contributed by atoms with van der Waals surface area (Å²) in [5.74, 6) is 1.14. The molecule has 1 amide bonds. The van der Waals surface area contributed by atoms with Gasteiger partial charge in [0.2, 0.25) is 5.82 Å². The minimum absolute atomic E-state index is 0.00188. The molecule has 172 valence electrons. The number of hydrogen-bond acceptors (Lipinski definition) is 2. The number of nitrogens with zero attached hydrogens (tertiary/aromatic N) is 3. The number of hydrogen-bond donors (Lipinski definition) is 0. The minimum Gasteiger partial charge on any atom is -0.333 e. The van der Waals surface area contributed by atoms with Crippen LogP contribution in [-0.2, 0) is 0 Å². The summed E-state index contributed by atoms with van der Waals surface area (Å²) in [6.45, 7) is 0.743. The highest BCUT2D eigenvalue weighted by Gasteiger charge is 2.42. The third-order valence-corrected chi connectivity index (χ3v) is 7.73. The van der Waals surface area contributed by atoms with Crippen molar-refractivity contribution in [2.24, 2.45) is 5.92 Å². The fraction of sp³-hybridized carbons (Fsp3) is 0.310. The average Bonchev–Trinajstić information content (AvgIpc) is 3.28. The molecular formula is C29H28FN3O. The summed E-state index contributed by atoms with van der Waals surface area (Å²) in [5.41, 5.74) is 3.78. The summed E-state index contributed by atoms with van der Waals surface area (Å²) in [5, 5.41) is 0. The maximum Gasteiger partial charge on any atom is 0.290 e. The Balaban J connectivity index is 1.37.